The molecule has 0 spiro atoms. The summed E-state index contributed by atoms with van der Waals surface area (Å²) in [5.41, 5.74) is 7.56. The van der Waals surface area contributed by atoms with E-state index in [1.807, 2.05) is 18.2 Å². The predicted molar refractivity (Wildman–Crippen MR) is 86.2 cm³/mol. The van der Waals surface area contributed by atoms with Crippen LogP contribution in [0.5, 0.6) is 0 Å². The molecule has 1 aliphatic carbocycles. The highest BCUT2D eigenvalue weighted by Crippen LogP contribution is 2.26. The highest BCUT2D eigenvalue weighted by Gasteiger charge is 2.25. The lowest BCUT2D eigenvalue weighted by atomic mass is 10.00. The summed E-state index contributed by atoms with van der Waals surface area (Å²) in [6.07, 6.45) is 3.68. The number of benzene rings is 1. The lowest BCUT2D eigenvalue weighted by Crippen LogP contribution is -2.31. The standard InChI is InChI=1S/C17H25N3O2/c1-20(2)17(22)14-7-3-5-12(9-14)11-19-16(21)10-13-6-4-8-15(13)18/h3,5,7,9,13,15H,4,6,8,10-11,18H2,1-2H3,(H,19,21)/t13-,15+/m0/s1. The second-order valence-corrected chi connectivity index (χ2v) is 6.24. The quantitative estimate of drug-likeness (QED) is 0.866. The van der Waals surface area contributed by atoms with Crippen LogP contribution in [0.3, 0.4) is 0 Å². The molecule has 0 heterocycles. The van der Waals surface area contributed by atoms with Crippen molar-refractivity contribution in [3.8, 4) is 0 Å². The fourth-order valence-electron chi connectivity index (χ4n) is 2.90. The Bertz CT molecular complexity index is 542. The minimum Gasteiger partial charge on any atom is -0.352 e. The van der Waals surface area contributed by atoms with E-state index in [9.17, 15) is 9.59 Å². The van der Waals surface area contributed by atoms with Crippen LogP contribution in [0.4, 0.5) is 0 Å². The summed E-state index contributed by atoms with van der Waals surface area (Å²) in [7, 11) is 3.45. The van der Waals surface area contributed by atoms with Gasteiger partial charge in [-0.1, -0.05) is 18.6 Å². The van der Waals surface area contributed by atoms with Crippen LogP contribution in [0.15, 0.2) is 24.3 Å². The van der Waals surface area contributed by atoms with Gasteiger partial charge in [0.1, 0.15) is 0 Å². The molecule has 2 atom stereocenters. The zero-order chi connectivity index (χ0) is 16.1. The zero-order valence-corrected chi connectivity index (χ0v) is 13.3. The Hall–Kier alpha value is -1.88. The molecule has 22 heavy (non-hydrogen) atoms. The van der Waals surface area contributed by atoms with Crippen molar-refractivity contribution in [2.75, 3.05) is 14.1 Å². The number of nitrogens with zero attached hydrogens (tertiary/aromatic N) is 1. The van der Waals surface area contributed by atoms with Crippen LogP contribution < -0.4 is 11.1 Å². The van der Waals surface area contributed by atoms with Gasteiger partial charge < -0.3 is 16.0 Å². The number of amides is 2. The Morgan fingerprint density at radius 1 is 1.32 bits per heavy atom. The molecule has 1 aromatic carbocycles. The number of hydrogen-bond acceptors (Lipinski definition) is 3. The van der Waals surface area contributed by atoms with Crippen molar-refractivity contribution in [2.24, 2.45) is 11.7 Å². The van der Waals surface area contributed by atoms with Crippen molar-refractivity contribution < 1.29 is 9.59 Å². The lowest BCUT2D eigenvalue weighted by Gasteiger charge is -2.15. The van der Waals surface area contributed by atoms with E-state index in [2.05, 4.69) is 5.32 Å². The maximum absolute atomic E-state index is 12.0. The van der Waals surface area contributed by atoms with Crippen LogP contribution >= 0.6 is 0 Å². The van der Waals surface area contributed by atoms with E-state index >= 15 is 0 Å². The summed E-state index contributed by atoms with van der Waals surface area (Å²) < 4.78 is 0. The predicted octanol–water partition coefficient (Wildman–Crippen LogP) is 1.52. The van der Waals surface area contributed by atoms with Gasteiger partial charge in [0.05, 0.1) is 0 Å². The van der Waals surface area contributed by atoms with Crippen molar-refractivity contribution >= 4 is 11.8 Å². The minimum atomic E-state index is -0.0369. The summed E-state index contributed by atoms with van der Waals surface area (Å²) in [6.45, 7) is 0.440. The van der Waals surface area contributed by atoms with Gasteiger partial charge in [-0.2, -0.15) is 0 Å². The lowest BCUT2D eigenvalue weighted by molar-refractivity contribution is -0.122. The van der Waals surface area contributed by atoms with Gasteiger partial charge in [-0.25, -0.2) is 0 Å². The first-order chi connectivity index (χ1) is 10.5. The van der Waals surface area contributed by atoms with Gasteiger partial charge in [0.25, 0.3) is 5.91 Å². The number of nitrogens with two attached hydrogens (primary N) is 1. The van der Waals surface area contributed by atoms with Crippen LogP contribution in [0.2, 0.25) is 0 Å². The molecule has 0 aliphatic heterocycles. The first-order valence-electron chi connectivity index (χ1n) is 7.80. The topological polar surface area (TPSA) is 75.4 Å². The molecule has 0 aromatic heterocycles. The monoisotopic (exact) mass is 303 g/mol. The number of nitrogens with one attached hydrogen (secondary N) is 1. The number of rotatable bonds is 5. The van der Waals surface area contributed by atoms with E-state index < -0.39 is 0 Å². The van der Waals surface area contributed by atoms with Crippen molar-refractivity contribution in [3.05, 3.63) is 35.4 Å². The average Bonchev–Trinajstić information content (AvgIpc) is 2.90. The van der Waals surface area contributed by atoms with Crippen LogP contribution in [-0.2, 0) is 11.3 Å². The molecule has 0 unspecified atom stereocenters. The maximum atomic E-state index is 12.0. The van der Waals surface area contributed by atoms with Gasteiger partial charge in [-0.15, -0.1) is 0 Å². The molecule has 0 bridgehead atoms. The second-order valence-electron chi connectivity index (χ2n) is 6.24. The Morgan fingerprint density at radius 3 is 2.73 bits per heavy atom. The van der Waals surface area contributed by atoms with Gasteiger partial charge in [-0.05, 0) is 36.5 Å². The molecule has 0 saturated heterocycles. The molecule has 3 N–H and O–H groups in total. The maximum Gasteiger partial charge on any atom is 0.253 e. The number of hydrogen-bond donors (Lipinski definition) is 2. The SMILES string of the molecule is CN(C)C(=O)c1cccc(CNC(=O)C[C@@H]2CCC[C@H]2N)c1. The average molecular weight is 303 g/mol. The van der Waals surface area contributed by atoms with Crippen LogP contribution in [0, 0.1) is 5.92 Å². The molecule has 120 valence electrons. The largest absolute Gasteiger partial charge is 0.352 e. The highest BCUT2D eigenvalue weighted by molar-refractivity contribution is 5.94. The Balaban J connectivity index is 1.87. The number of carbonyl (C=O) groups is 2. The first kappa shape index (κ1) is 16.5. The van der Waals surface area contributed by atoms with E-state index in [0.29, 0.717) is 24.4 Å². The molecule has 5 nitrogen and oxygen atoms in total. The van der Waals surface area contributed by atoms with E-state index in [-0.39, 0.29) is 17.9 Å². The summed E-state index contributed by atoms with van der Waals surface area (Å²) in [4.78, 5) is 25.5. The fourth-order valence-corrected chi connectivity index (χ4v) is 2.90. The van der Waals surface area contributed by atoms with Gasteiger partial charge >= 0.3 is 0 Å². The van der Waals surface area contributed by atoms with Gasteiger partial charge in [0.15, 0.2) is 0 Å². The molecular formula is C17H25N3O2. The summed E-state index contributed by atoms with van der Waals surface area (Å²) in [5.74, 6) is 0.304. The van der Waals surface area contributed by atoms with Gasteiger partial charge in [-0.3, -0.25) is 9.59 Å². The van der Waals surface area contributed by atoms with E-state index in [4.69, 9.17) is 5.73 Å². The molecule has 0 radical (unpaired) electrons. The molecule has 1 aliphatic rings. The fraction of sp³-hybridized carbons (Fsp3) is 0.529. The van der Waals surface area contributed by atoms with Crippen LogP contribution in [0.1, 0.15) is 41.6 Å². The molecular weight excluding hydrogens is 278 g/mol. The van der Waals surface area contributed by atoms with E-state index in [1.165, 1.54) is 0 Å². The minimum absolute atomic E-state index is 0.0340. The third-order valence-corrected chi connectivity index (χ3v) is 4.24. The van der Waals surface area contributed by atoms with Gasteiger partial charge in [0.2, 0.25) is 5.91 Å². The summed E-state index contributed by atoms with van der Waals surface area (Å²) >= 11 is 0. The second kappa shape index (κ2) is 7.40. The van der Waals surface area contributed by atoms with Crippen molar-refractivity contribution in [3.63, 3.8) is 0 Å². The van der Waals surface area contributed by atoms with Gasteiger partial charge in [0, 0.05) is 38.7 Å². The number of carbonyl (C=O) groups excluding carboxylic acids is 2. The zero-order valence-electron chi connectivity index (χ0n) is 13.3. The molecule has 5 heteroatoms. The Morgan fingerprint density at radius 2 is 2.09 bits per heavy atom. The molecule has 1 saturated carbocycles. The van der Waals surface area contributed by atoms with E-state index in [1.54, 1.807) is 25.1 Å². The summed E-state index contributed by atoms with van der Waals surface area (Å²) in [5, 5.41) is 2.92. The Kier molecular flexibility index (Phi) is 5.55. The first-order valence-corrected chi connectivity index (χ1v) is 7.80. The molecule has 1 aromatic rings. The highest BCUT2D eigenvalue weighted by atomic mass is 16.2. The van der Waals surface area contributed by atoms with Crippen molar-refractivity contribution in [1.29, 1.82) is 0 Å². The van der Waals surface area contributed by atoms with Crippen LogP contribution in [0.25, 0.3) is 0 Å². The Labute approximate surface area is 131 Å². The molecule has 1 fully saturated rings. The summed E-state index contributed by atoms with van der Waals surface area (Å²) in [6, 6.07) is 7.51. The van der Waals surface area contributed by atoms with Crippen LogP contribution in [-0.4, -0.2) is 36.9 Å². The normalized spacial score (nSPS) is 20.7. The molecule has 2 rings (SSSR count). The smallest absolute Gasteiger partial charge is 0.253 e. The van der Waals surface area contributed by atoms with Crippen molar-refractivity contribution in [1.82, 2.24) is 10.2 Å². The van der Waals surface area contributed by atoms with E-state index in [0.717, 1.165) is 24.8 Å². The van der Waals surface area contributed by atoms with Crippen molar-refractivity contribution in [2.45, 2.75) is 38.3 Å². The third kappa shape index (κ3) is 4.31. The third-order valence-electron chi connectivity index (χ3n) is 4.24. The molecule has 2 amide bonds.